The minimum atomic E-state index is -4.75. The molecule has 0 amide bonds. The molecule has 4 aromatic heterocycles. The second-order valence-corrected chi connectivity index (χ2v) is 6.86. The van der Waals surface area contributed by atoms with Crippen LogP contribution in [0.15, 0.2) is 41.4 Å². The summed E-state index contributed by atoms with van der Waals surface area (Å²) in [5.41, 5.74) is 8.50. The molecule has 12 heteroatoms. The summed E-state index contributed by atoms with van der Waals surface area (Å²) in [5.74, 6) is -0.580. The largest absolute Gasteiger partial charge is 0.522 e. The Hall–Kier alpha value is -3.80. The number of nitrogens with zero attached hydrogens (tertiary/aromatic N) is 5. The molecule has 0 aliphatic heterocycles. The first-order valence-corrected chi connectivity index (χ1v) is 9.48. The maximum atomic E-state index is 12.6. The molecule has 4 rings (SSSR count). The number of alkyl halides is 3. The van der Waals surface area contributed by atoms with E-state index in [1.54, 1.807) is 24.5 Å². The van der Waals surface area contributed by atoms with E-state index in [4.69, 9.17) is 10.2 Å². The maximum Gasteiger partial charge on any atom is 0.522 e. The quantitative estimate of drug-likeness (QED) is 0.336. The number of hydrogen-bond acceptors (Lipinski definition) is 8. The van der Waals surface area contributed by atoms with Gasteiger partial charge in [0.15, 0.2) is 17.3 Å². The Morgan fingerprint density at radius 1 is 1.22 bits per heavy atom. The Balaban J connectivity index is 1.71. The zero-order chi connectivity index (χ0) is 22.9. The number of aryl methyl sites for hydroxylation is 1. The summed E-state index contributed by atoms with van der Waals surface area (Å²) >= 11 is 0. The molecule has 0 unspecified atom stereocenters. The number of pyridine rings is 1. The van der Waals surface area contributed by atoms with Crippen LogP contribution in [0.5, 0.6) is 0 Å². The average Bonchev–Trinajstić information content (AvgIpc) is 3.40. The van der Waals surface area contributed by atoms with E-state index in [0.717, 1.165) is 5.69 Å². The molecular weight excluding hydrogens is 429 g/mol. The van der Waals surface area contributed by atoms with Crippen molar-refractivity contribution in [2.75, 3.05) is 12.3 Å². The van der Waals surface area contributed by atoms with Gasteiger partial charge in [-0.05, 0) is 25.5 Å². The molecule has 0 aromatic carbocycles. The Morgan fingerprint density at radius 2 is 2.03 bits per heavy atom. The number of Topliss-reactive ketones (excluding diaryl/α,β-unsaturated/α-hetero) is 1. The van der Waals surface area contributed by atoms with E-state index >= 15 is 0 Å². The zero-order valence-corrected chi connectivity index (χ0v) is 16.8. The van der Waals surface area contributed by atoms with Crippen molar-refractivity contribution in [3.05, 3.63) is 48.4 Å². The molecule has 2 N–H and O–H groups in total. The predicted octanol–water partition coefficient (Wildman–Crippen LogP) is 3.84. The van der Waals surface area contributed by atoms with Gasteiger partial charge in [0.1, 0.15) is 23.3 Å². The van der Waals surface area contributed by atoms with Gasteiger partial charge in [-0.15, -0.1) is 13.2 Å². The molecule has 0 fully saturated rings. The fourth-order valence-corrected chi connectivity index (χ4v) is 3.13. The molecule has 0 bridgehead atoms. The van der Waals surface area contributed by atoms with Crippen LogP contribution in [0, 0.1) is 6.92 Å². The molecule has 166 valence electrons. The molecular formula is C20H17F3N6O3. The lowest BCUT2D eigenvalue weighted by molar-refractivity contribution is -0.324. The Kier molecular flexibility index (Phi) is 5.61. The Labute approximate surface area is 179 Å². The van der Waals surface area contributed by atoms with E-state index in [1.807, 2.05) is 11.3 Å². The normalized spacial score (nSPS) is 11.9. The van der Waals surface area contributed by atoms with Crippen molar-refractivity contribution in [2.24, 2.45) is 0 Å². The van der Waals surface area contributed by atoms with Gasteiger partial charge >= 0.3 is 6.36 Å². The van der Waals surface area contributed by atoms with E-state index in [-0.39, 0.29) is 41.6 Å². The summed E-state index contributed by atoms with van der Waals surface area (Å²) in [6.45, 7) is 1.23. The minimum absolute atomic E-state index is 0.148. The topological polar surface area (TPSA) is 121 Å². The molecule has 0 spiro atoms. The zero-order valence-electron chi connectivity index (χ0n) is 16.8. The lowest BCUT2D eigenvalue weighted by atomic mass is 10.1. The fraction of sp³-hybridized carbons (Fsp3) is 0.250. The first-order valence-electron chi connectivity index (χ1n) is 9.48. The van der Waals surface area contributed by atoms with Crippen molar-refractivity contribution in [3.8, 4) is 22.8 Å². The number of nitrogen functional groups attached to an aromatic ring is 1. The summed E-state index contributed by atoms with van der Waals surface area (Å²) in [6.07, 6.45) is 1.12. The highest BCUT2D eigenvalue weighted by Gasteiger charge is 2.29. The van der Waals surface area contributed by atoms with Crippen molar-refractivity contribution < 1.29 is 27.1 Å². The van der Waals surface area contributed by atoms with Crippen LogP contribution in [-0.2, 0) is 4.74 Å². The number of rotatable bonds is 7. The number of anilines is 1. The summed E-state index contributed by atoms with van der Waals surface area (Å²) in [7, 11) is 0. The van der Waals surface area contributed by atoms with Crippen LogP contribution in [0.2, 0.25) is 0 Å². The second-order valence-electron chi connectivity index (χ2n) is 6.86. The fourth-order valence-electron chi connectivity index (χ4n) is 3.13. The smallest absolute Gasteiger partial charge is 0.443 e. The number of oxazole rings is 1. The van der Waals surface area contributed by atoms with Crippen LogP contribution in [-0.4, -0.2) is 43.1 Å². The number of hydrogen-bond donors (Lipinski definition) is 1. The van der Waals surface area contributed by atoms with Gasteiger partial charge in [0.2, 0.25) is 5.89 Å². The molecule has 9 nitrogen and oxygen atoms in total. The lowest BCUT2D eigenvalue weighted by Crippen LogP contribution is -2.16. The third-order valence-electron chi connectivity index (χ3n) is 4.60. The summed E-state index contributed by atoms with van der Waals surface area (Å²) in [5, 5.41) is 0. The summed E-state index contributed by atoms with van der Waals surface area (Å²) in [4.78, 5) is 29.7. The van der Waals surface area contributed by atoms with Crippen LogP contribution < -0.4 is 5.73 Å². The summed E-state index contributed by atoms with van der Waals surface area (Å²) < 4.78 is 47.3. The van der Waals surface area contributed by atoms with Gasteiger partial charge in [0.05, 0.1) is 12.8 Å². The van der Waals surface area contributed by atoms with Gasteiger partial charge in [0.25, 0.3) is 0 Å². The highest BCUT2D eigenvalue weighted by Crippen LogP contribution is 2.31. The molecule has 0 radical (unpaired) electrons. The number of imidazole rings is 1. The van der Waals surface area contributed by atoms with Gasteiger partial charge in [0, 0.05) is 30.1 Å². The molecule has 4 heterocycles. The lowest BCUT2D eigenvalue weighted by Gasteiger charge is -2.11. The maximum absolute atomic E-state index is 12.6. The number of carbonyl (C=O) groups excluding carboxylic acids is 1. The monoisotopic (exact) mass is 446 g/mol. The van der Waals surface area contributed by atoms with E-state index in [1.165, 1.54) is 12.5 Å². The molecule has 0 saturated heterocycles. The molecule has 32 heavy (non-hydrogen) atoms. The number of carbonyl (C=O) groups is 1. The van der Waals surface area contributed by atoms with E-state index in [2.05, 4.69) is 24.7 Å². The van der Waals surface area contributed by atoms with E-state index in [0.29, 0.717) is 11.2 Å². The SMILES string of the molecule is Cc1cnc2ccc(-c3nc(C(=O)CCCOC(F)(F)F)c(N)nc3-c3ncco3)cn12. The Bertz CT molecular complexity index is 1270. The number of nitrogens with two attached hydrogens (primary N) is 1. The minimum Gasteiger partial charge on any atom is -0.443 e. The highest BCUT2D eigenvalue weighted by molar-refractivity contribution is 5.99. The summed E-state index contributed by atoms with van der Waals surface area (Å²) in [6, 6.07) is 3.52. The molecule has 0 aliphatic carbocycles. The average molecular weight is 446 g/mol. The highest BCUT2D eigenvalue weighted by atomic mass is 19.4. The van der Waals surface area contributed by atoms with Crippen molar-refractivity contribution in [2.45, 2.75) is 26.1 Å². The third-order valence-corrected chi connectivity index (χ3v) is 4.60. The second kappa shape index (κ2) is 8.38. The van der Waals surface area contributed by atoms with Crippen LogP contribution in [0.1, 0.15) is 29.0 Å². The van der Waals surface area contributed by atoms with Gasteiger partial charge in [-0.2, -0.15) is 0 Å². The first-order chi connectivity index (χ1) is 15.2. The predicted molar refractivity (Wildman–Crippen MR) is 106 cm³/mol. The van der Waals surface area contributed by atoms with Crippen LogP contribution >= 0.6 is 0 Å². The van der Waals surface area contributed by atoms with Crippen molar-refractivity contribution in [1.82, 2.24) is 24.3 Å². The van der Waals surface area contributed by atoms with Gasteiger partial charge in [-0.25, -0.2) is 19.9 Å². The van der Waals surface area contributed by atoms with Crippen molar-refractivity contribution >= 4 is 17.2 Å². The van der Waals surface area contributed by atoms with Crippen LogP contribution in [0.4, 0.5) is 19.0 Å². The molecule has 0 atom stereocenters. The standard InChI is InChI=1S/C20H17F3N6O3/c1-11-9-26-14-5-4-12(10-29(11)14)15-17(19-25-6-8-31-19)28-18(24)16(27-15)13(30)3-2-7-32-20(21,22)23/h4-6,8-10H,2-3,7H2,1H3,(H2,24,28). The third kappa shape index (κ3) is 4.44. The van der Waals surface area contributed by atoms with Crippen molar-refractivity contribution in [1.29, 1.82) is 0 Å². The molecule has 0 aliphatic rings. The van der Waals surface area contributed by atoms with Crippen LogP contribution in [0.25, 0.3) is 28.5 Å². The van der Waals surface area contributed by atoms with Gasteiger partial charge in [-0.3, -0.25) is 9.53 Å². The van der Waals surface area contributed by atoms with Gasteiger partial charge < -0.3 is 14.6 Å². The number of aromatic nitrogens is 5. The van der Waals surface area contributed by atoms with Crippen LogP contribution in [0.3, 0.4) is 0 Å². The van der Waals surface area contributed by atoms with Gasteiger partial charge in [-0.1, -0.05) is 0 Å². The number of ether oxygens (including phenoxy) is 1. The number of fused-ring (bicyclic) bond motifs is 1. The Morgan fingerprint density at radius 3 is 2.75 bits per heavy atom. The van der Waals surface area contributed by atoms with E-state index < -0.39 is 18.8 Å². The van der Waals surface area contributed by atoms with E-state index in [9.17, 15) is 18.0 Å². The molecule has 4 aromatic rings. The molecule has 0 saturated carbocycles. The van der Waals surface area contributed by atoms with Crippen molar-refractivity contribution in [3.63, 3.8) is 0 Å². The number of ketones is 1. The first kappa shape index (κ1) is 21.4. The number of halogens is 3.